The Morgan fingerprint density at radius 2 is 2.18 bits per heavy atom. The minimum atomic E-state index is -0.0372. The maximum Gasteiger partial charge on any atom is 0.232 e. The first-order valence-electron chi connectivity index (χ1n) is 10.2. The summed E-state index contributed by atoms with van der Waals surface area (Å²) in [5.74, 6) is 1.98. The van der Waals surface area contributed by atoms with Crippen molar-refractivity contribution in [2.24, 2.45) is 11.3 Å². The van der Waals surface area contributed by atoms with Crippen LogP contribution < -0.4 is 0 Å². The van der Waals surface area contributed by atoms with E-state index >= 15 is 0 Å². The molecule has 4 rings (SSSR count). The molecule has 0 bridgehead atoms. The Morgan fingerprint density at radius 1 is 1.36 bits per heavy atom. The summed E-state index contributed by atoms with van der Waals surface area (Å²) < 4.78 is 11.3. The predicted molar refractivity (Wildman–Crippen MR) is 103 cm³/mol. The lowest BCUT2D eigenvalue weighted by Gasteiger charge is -2.36. The molecule has 2 aromatic rings. The molecule has 28 heavy (non-hydrogen) atoms. The van der Waals surface area contributed by atoms with Gasteiger partial charge in [0.2, 0.25) is 17.6 Å². The number of rotatable bonds is 5. The van der Waals surface area contributed by atoms with Crippen molar-refractivity contribution >= 4 is 5.91 Å². The number of carbonyl (C=O) groups excluding carboxylic acids is 1. The lowest BCUT2D eigenvalue weighted by atomic mass is 9.72. The van der Waals surface area contributed by atoms with E-state index in [1.807, 2.05) is 17.0 Å². The summed E-state index contributed by atoms with van der Waals surface area (Å²) in [4.78, 5) is 23.6. The van der Waals surface area contributed by atoms with Crippen LogP contribution in [-0.2, 0) is 9.53 Å². The molecule has 1 atom stereocenters. The highest BCUT2D eigenvalue weighted by Crippen LogP contribution is 2.49. The third-order valence-corrected chi connectivity index (χ3v) is 6.08. The van der Waals surface area contributed by atoms with E-state index < -0.39 is 0 Å². The molecule has 1 spiro atoms. The number of hydrogen-bond acceptors (Lipinski definition) is 6. The van der Waals surface area contributed by atoms with Gasteiger partial charge in [-0.2, -0.15) is 4.98 Å². The van der Waals surface area contributed by atoms with Crippen molar-refractivity contribution in [3.8, 4) is 11.4 Å². The Kier molecular flexibility index (Phi) is 5.44. The Labute approximate surface area is 165 Å². The molecule has 2 fully saturated rings. The van der Waals surface area contributed by atoms with Crippen molar-refractivity contribution in [2.75, 3.05) is 26.3 Å². The number of ether oxygens (including phenoxy) is 1. The van der Waals surface area contributed by atoms with E-state index in [-0.39, 0.29) is 17.2 Å². The van der Waals surface area contributed by atoms with Crippen molar-refractivity contribution in [3.63, 3.8) is 0 Å². The van der Waals surface area contributed by atoms with Gasteiger partial charge < -0.3 is 14.2 Å². The first-order chi connectivity index (χ1) is 13.6. The van der Waals surface area contributed by atoms with Gasteiger partial charge in [0, 0.05) is 56.1 Å². The topological polar surface area (TPSA) is 81.4 Å². The fourth-order valence-corrected chi connectivity index (χ4v) is 4.34. The summed E-state index contributed by atoms with van der Waals surface area (Å²) in [7, 11) is 0. The number of likely N-dealkylation sites (tertiary alicyclic amines) is 1. The summed E-state index contributed by atoms with van der Waals surface area (Å²) in [5.41, 5.74) is 0.797. The molecule has 1 amide bonds. The van der Waals surface area contributed by atoms with E-state index in [4.69, 9.17) is 9.26 Å². The van der Waals surface area contributed by atoms with Crippen LogP contribution in [0.25, 0.3) is 11.4 Å². The van der Waals surface area contributed by atoms with E-state index in [0.29, 0.717) is 43.8 Å². The lowest BCUT2D eigenvalue weighted by molar-refractivity contribution is -0.131. The molecule has 0 unspecified atom stereocenters. The third-order valence-electron chi connectivity index (χ3n) is 6.08. The quantitative estimate of drug-likeness (QED) is 0.787. The Balaban J connectivity index is 1.57. The van der Waals surface area contributed by atoms with Crippen molar-refractivity contribution in [2.45, 2.75) is 45.4 Å². The van der Waals surface area contributed by atoms with Gasteiger partial charge in [-0.1, -0.05) is 19.0 Å². The van der Waals surface area contributed by atoms with Crippen LogP contribution in [0.15, 0.2) is 29.0 Å². The van der Waals surface area contributed by atoms with E-state index in [1.165, 1.54) is 0 Å². The van der Waals surface area contributed by atoms with E-state index in [1.54, 1.807) is 12.4 Å². The zero-order chi connectivity index (χ0) is 19.6. The zero-order valence-electron chi connectivity index (χ0n) is 16.6. The highest BCUT2D eigenvalue weighted by molar-refractivity contribution is 5.76. The van der Waals surface area contributed by atoms with Crippen LogP contribution in [0.4, 0.5) is 0 Å². The smallest absolute Gasteiger partial charge is 0.232 e. The summed E-state index contributed by atoms with van der Waals surface area (Å²) in [6.07, 6.45) is 6.80. The zero-order valence-corrected chi connectivity index (χ0v) is 16.6. The molecule has 7 nitrogen and oxygen atoms in total. The minimum Gasteiger partial charge on any atom is -0.381 e. The Morgan fingerprint density at radius 3 is 2.89 bits per heavy atom. The molecular formula is C21H28N4O3. The second-order valence-electron chi connectivity index (χ2n) is 8.43. The Bertz CT molecular complexity index is 799. The van der Waals surface area contributed by atoms with Gasteiger partial charge in [0.25, 0.3) is 0 Å². The number of nitrogens with zero attached hydrogens (tertiary/aromatic N) is 4. The van der Waals surface area contributed by atoms with Crippen molar-refractivity contribution in [1.29, 1.82) is 0 Å². The highest BCUT2D eigenvalue weighted by atomic mass is 16.5. The maximum absolute atomic E-state index is 12.8. The van der Waals surface area contributed by atoms with Crippen LogP contribution in [0.3, 0.4) is 0 Å². The van der Waals surface area contributed by atoms with Crippen LogP contribution in [0.5, 0.6) is 0 Å². The van der Waals surface area contributed by atoms with E-state index in [9.17, 15) is 4.79 Å². The van der Waals surface area contributed by atoms with Crippen molar-refractivity contribution < 1.29 is 14.1 Å². The summed E-state index contributed by atoms with van der Waals surface area (Å²) in [6, 6.07) is 3.78. The first kappa shape index (κ1) is 19.1. The average molecular weight is 384 g/mol. The van der Waals surface area contributed by atoms with Crippen LogP contribution in [0.2, 0.25) is 0 Å². The standard InChI is InChI=1S/C21H28N4O3/c1-15(2)5-6-18(26)25-13-17(21(14-25)7-10-27-11-8-21)20-23-19(24-28-20)16-4-3-9-22-12-16/h3-4,9,12,15,17H,5-8,10-11,13-14H2,1-2H3/t17-/m1/s1. The highest BCUT2D eigenvalue weighted by Gasteiger charge is 2.51. The van der Waals surface area contributed by atoms with Gasteiger partial charge in [-0.3, -0.25) is 9.78 Å². The van der Waals surface area contributed by atoms with Gasteiger partial charge in [0.05, 0.1) is 5.92 Å². The molecule has 2 aliphatic rings. The molecule has 2 aromatic heterocycles. The van der Waals surface area contributed by atoms with Crippen LogP contribution >= 0.6 is 0 Å². The monoisotopic (exact) mass is 384 g/mol. The number of hydrogen-bond donors (Lipinski definition) is 0. The maximum atomic E-state index is 12.8. The molecule has 7 heteroatoms. The largest absolute Gasteiger partial charge is 0.381 e. The molecule has 0 aromatic carbocycles. The SMILES string of the molecule is CC(C)CCC(=O)N1C[C@H](c2nc(-c3cccnc3)no2)C2(CCOCC2)C1. The van der Waals surface area contributed by atoms with Crippen LogP contribution in [-0.4, -0.2) is 52.2 Å². The molecule has 0 radical (unpaired) electrons. The molecule has 2 aliphatic heterocycles. The van der Waals surface area contributed by atoms with Crippen LogP contribution in [0, 0.1) is 11.3 Å². The fourth-order valence-electron chi connectivity index (χ4n) is 4.34. The van der Waals surface area contributed by atoms with Crippen LogP contribution in [0.1, 0.15) is 51.3 Å². The fraction of sp³-hybridized carbons (Fsp3) is 0.619. The average Bonchev–Trinajstić information content (AvgIpc) is 3.33. The van der Waals surface area contributed by atoms with Gasteiger partial charge >= 0.3 is 0 Å². The minimum absolute atomic E-state index is 0.0372. The van der Waals surface area contributed by atoms with Crippen molar-refractivity contribution in [1.82, 2.24) is 20.0 Å². The van der Waals surface area contributed by atoms with E-state index in [0.717, 1.165) is 31.4 Å². The second kappa shape index (κ2) is 7.99. The number of carbonyl (C=O) groups is 1. The molecule has 0 N–H and O–H groups in total. The first-order valence-corrected chi connectivity index (χ1v) is 10.2. The summed E-state index contributed by atoms with van der Waals surface area (Å²) in [6.45, 7) is 7.13. The molecular weight excluding hydrogens is 356 g/mol. The molecule has 0 saturated carbocycles. The Hall–Kier alpha value is -2.28. The lowest BCUT2D eigenvalue weighted by Crippen LogP contribution is -2.37. The van der Waals surface area contributed by atoms with Gasteiger partial charge in [0.1, 0.15) is 0 Å². The van der Waals surface area contributed by atoms with Crippen molar-refractivity contribution in [3.05, 3.63) is 30.4 Å². The third kappa shape index (κ3) is 3.81. The molecule has 150 valence electrons. The van der Waals surface area contributed by atoms with Gasteiger partial charge in [-0.25, -0.2) is 0 Å². The number of aromatic nitrogens is 3. The number of pyridine rings is 1. The van der Waals surface area contributed by atoms with Gasteiger partial charge in [-0.15, -0.1) is 0 Å². The van der Waals surface area contributed by atoms with Gasteiger partial charge in [-0.05, 0) is 37.3 Å². The van der Waals surface area contributed by atoms with E-state index in [2.05, 4.69) is 29.0 Å². The second-order valence-corrected chi connectivity index (χ2v) is 8.43. The van der Waals surface area contributed by atoms with Gasteiger partial charge in [0.15, 0.2) is 0 Å². The summed E-state index contributed by atoms with van der Waals surface area (Å²) >= 11 is 0. The number of amides is 1. The predicted octanol–water partition coefficient (Wildman–Crippen LogP) is 3.29. The molecule has 2 saturated heterocycles. The summed E-state index contributed by atoms with van der Waals surface area (Å²) in [5, 5.41) is 4.18. The molecule has 4 heterocycles. The molecule has 0 aliphatic carbocycles. The normalized spacial score (nSPS) is 21.5.